The number of ether oxygens (including phenoxy) is 1. The van der Waals surface area contributed by atoms with Crippen LogP contribution < -0.4 is 9.64 Å². The van der Waals surface area contributed by atoms with Crippen LogP contribution >= 0.6 is 11.3 Å². The first kappa shape index (κ1) is 21.6. The highest BCUT2D eigenvalue weighted by molar-refractivity contribution is 7.91. The van der Waals surface area contributed by atoms with Crippen molar-refractivity contribution in [2.75, 3.05) is 43.9 Å². The van der Waals surface area contributed by atoms with E-state index in [4.69, 9.17) is 4.74 Å². The highest BCUT2D eigenvalue weighted by Crippen LogP contribution is 2.29. The number of carbonyl (C=O) groups is 1. The Kier molecular flexibility index (Phi) is 6.43. The van der Waals surface area contributed by atoms with Gasteiger partial charge in [0, 0.05) is 32.6 Å². The number of methoxy groups -OCH3 is 1. The second-order valence-corrected chi connectivity index (χ2v) is 10.5. The molecule has 0 unspecified atom stereocenters. The lowest BCUT2D eigenvalue weighted by atomic mass is 10.2. The monoisotopic (exact) mass is 459 g/mol. The molecular weight excluding hydrogens is 434 g/mol. The van der Waals surface area contributed by atoms with Gasteiger partial charge in [0.2, 0.25) is 5.91 Å². The van der Waals surface area contributed by atoms with E-state index in [1.165, 1.54) is 19.2 Å². The first-order valence-corrected chi connectivity index (χ1v) is 12.7. The zero-order chi connectivity index (χ0) is 21.8. The minimum Gasteiger partial charge on any atom is -0.497 e. The van der Waals surface area contributed by atoms with Crippen LogP contribution in [0.15, 0.2) is 53.4 Å². The van der Waals surface area contributed by atoms with Gasteiger partial charge in [-0.1, -0.05) is 23.5 Å². The van der Waals surface area contributed by atoms with Gasteiger partial charge in [0.05, 0.1) is 28.0 Å². The minimum absolute atomic E-state index is 0.00822. The molecule has 31 heavy (non-hydrogen) atoms. The number of thiazole rings is 1. The molecule has 0 saturated carbocycles. The van der Waals surface area contributed by atoms with Gasteiger partial charge < -0.3 is 14.5 Å². The van der Waals surface area contributed by atoms with E-state index in [1.54, 1.807) is 23.5 Å². The molecule has 1 saturated heterocycles. The highest BCUT2D eigenvalue weighted by Gasteiger charge is 2.23. The summed E-state index contributed by atoms with van der Waals surface area (Å²) in [6.45, 7) is 2.71. The van der Waals surface area contributed by atoms with Gasteiger partial charge in [-0.3, -0.25) is 4.79 Å². The van der Waals surface area contributed by atoms with Gasteiger partial charge in [-0.05, 0) is 42.8 Å². The van der Waals surface area contributed by atoms with Crippen molar-refractivity contribution in [1.29, 1.82) is 0 Å². The van der Waals surface area contributed by atoms with E-state index >= 15 is 0 Å². The van der Waals surface area contributed by atoms with Crippen LogP contribution in [0.2, 0.25) is 0 Å². The average Bonchev–Trinajstić information content (AvgIpc) is 3.23. The standard InChI is InChI=1S/C22H25N3O4S2/c1-29-17-8-10-18(11-9-17)31(27,28)16-4-7-21(26)24-12-14-25(15-13-24)22-23-19-5-2-3-6-20(19)30-22/h2-3,5-6,8-11H,4,7,12-16H2,1H3. The van der Waals surface area contributed by atoms with Crippen LogP contribution in [0.4, 0.5) is 5.13 Å². The van der Waals surface area contributed by atoms with E-state index in [0.717, 1.165) is 28.4 Å². The third-order valence-corrected chi connectivity index (χ3v) is 8.32. The van der Waals surface area contributed by atoms with Crippen molar-refractivity contribution in [3.8, 4) is 5.75 Å². The first-order chi connectivity index (χ1) is 15.0. The van der Waals surface area contributed by atoms with E-state index in [-0.39, 0.29) is 23.0 Å². The predicted molar refractivity (Wildman–Crippen MR) is 123 cm³/mol. The van der Waals surface area contributed by atoms with Gasteiger partial charge in [-0.25, -0.2) is 13.4 Å². The summed E-state index contributed by atoms with van der Waals surface area (Å²) in [6.07, 6.45) is 0.543. The predicted octanol–water partition coefficient (Wildman–Crippen LogP) is 3.21. The largest absolute Gasteiger partial charge is 0.497 e. The summed E-state index contributed by atoms with van der Waals surface area (Å²) in [5, 5.41) is 0.985. The van der Waals surface area contributed by atoms with Crippen molar-refractivity contribution < 1.29 is 17.9 Å². The summed E-state index contributed by atoms with van der Waals surface area (Å²) in [7, 11) is -1.88. The summed E-state index contributed by atoms with van der Waals surface area (Å²) < 4.78 is 31.2. The molecule has 2 heterocycles. The smallest absolute Gasteiger partial charge is 0.222 e. The highest BCUT2D eigenvalue weighted by atomic mass is 32.2. The van der Waals surface area contributed by atoms with Crippen LogP contribution in [0.25, 0.3) is 10.2 Å². The van der Waals surface area contributed by atoms with E-state index in [0.29, 0.717) is 25.3 Å². The molecule has 1 aliphatic heterocycles. The molecule has 1 aliphatic rings. The lowest BCUT2D eigenvalue weighted by molar-refractivity contribution is -0.131. The Morgan fingerprint density at radius 1 is 1.06 bits per heavy atom. The third kappa shape index (κ3) is 4.99. The average molecular weight is 460 g/mol. The number of sulfone groups is 1. The Balaban J connectivity index is 1.26. The van der Waals surface area contributed by atoms with Crippen molar-refractivity contribution in [3.05, 3.63) is 48.5 Å². The zero-order valence-electron chi connectivity index (χ0n) is 17.4. The zero-order valence-corrected chi connectivity index (χ0v) is 19.0. The van der Waals surface area contributed by atoms with Gasteiger partial charge in [0.25, 0.3) is 0 Å². The summed E-state index contributed by atoms with van der Waals surface area (Å²) >= 11 is 1.67. The number of piperazine rings is 1. The fraction of sp³-hybridized carbons (Fsp3) is 0.364. The molecule has 4 rings (SSSR count). The molecule has 0 aliphatic carbocycles. The molecule has 1 fully saturated rings. The molecule has 164 valence electrons. The minimum atomic E-state index is -3.41. The molecule has 7 nitrogen and oxygen atoms in total. The quantitative estimate of drug-likeness (QED) is 0.540. The van der Waals surface area contributed by atoms with E-state index in [9.17, 15) is 13.2 Å². The summed E-state index contributed by atoms with van der Waals surface area (Å²) in [5.74, 6) is 0.574. The number of aromatic nitrogens is 1. The maximum atomic E-state index is 12.6. The molecule has 0 N–H and O–H groups in total. The Labute approximate surface area is 186 Å². The summed E-state index contributed by atoms with van der Waals surface area (Å²) in [4.78, 5) is 21.5. The number of hydrogen-bond acceptors (Lipinski definition) is 7. The van der Waals surface area contributed by atoms with Crippen LogP contribution in [0.5, 0.6) is 5.75 Å². The first-order valence-electron chi connectivity index (χ1n) is 10.2. The molecule has 0 atom stereocenters. The van der Waals surface area contributed by atoms with Crippen molar-refractivity contribution in [2.24, 2.45) is 0 Å². The second-order valence-electron chi connectivity index (χ2n) is 7.43. The van der Waals surface area contributed by atoms with Crippen LogP contribution in [0, 0.1) is 0 Å². The molecule has 1 amide bonds. The fourth-order valence-electron chi connectivity index (χ4n) is 3.61. The lowest BCUT2D eigenvalue weighted by Gasteiger charge is -2.34. The van der Waals surface area contributed by atoms with Gasteiger partial charge in [-0.2, -0.15) is 0 Å². The maximum absolute atomic E-state index is 12.6. The third-order valence-electron chi connectivity index (χ3n) is 5.41. The number of benzene rings is 2. The molecule has 0 spiro atoms. The molecule has 1 aromatic heterocycles. The number of carbonyl (C=O) groups excluding carboxylic acids is 1. The van der Waals surface area contributed by atoms with E-state index in [1.807, 2.05) is 23.1 Å². The summed E-state index contributed by atoms with van der Waals surface area (Å²) in [6, 6.07) is 14.4. The van der Waals surface area contributed by atoms with Gasteiger partial charge in [-0.15, -0.1) is 0 Å². The number of amides is 1. The second kappa shape index (κ2) is 9.23. The topological polar surface area (TPSA) is 79.8 Å². The normalized spacial score (nSPS) is 14.7. The fourth-order valence-corrected chi connectivity index (χ4v) is 5.94. The molecule has 2 aromatic carbocycles. The molecular formula is C22H25N3O4S2. The van der Waals surface area contributed by atoms with Gasteiger partial charge in [0.15, 0.2) is 15.0 Å². The Hall–Kier alpha value is -2.65. The molecule has 3 aromatic rings. The van der Waals surface area contributed by atoms with Crippen molar-refractivity contribution in [3.63, 3.8) is 0 Å². The van der Waals surface area contributed by atoms with Gasteiger partial charge in [0.1, 0.15) is 5.75 Å². The Morgan fingerprint density at radius 3 is 2.45 bits per heavy atom. The number of para-hydroxylation sites is 1. The van der Waals surface area contributed by atoms with Gasteiger partial charge >= 0.3 is 0 Å². The Morgan fingerprint density at radius 2 is 1.77 bits per heavy atom. The van der Waals surface area contributed by atoms with Crippen LogP contribution in [-0.2, 0) is 14.6 Å². The summed E-state index contributed by atoms with van der Waals surface area (Å²) in [5.41, 5.74) is 0.999. The number of rotatable bonds is 7. The number of fused-ring (bicyclic) bond motifs is 1. The maximum Gasteiger partial charge on any atom is 0.222 e. The Bertz CT molecular complexity index is 1120. The lowest BCUT2D eigenvalue weighted by Crippen LogP contribution is -2.48. The van der Waals surface area contributed by atoms with Crippen LogP contribution in [-0.4, -0.2) is 63.3 Å². The van der Waals surface area contributed by atoms with Crippen LogP contribution in [0.1, 0.15) is 12.8 Å². The van der Waals surface area contributed by atoms with E-state index in [2.05, 4.69) is 16.0 Å². The van der Waals surface area contributed by atoms with Crippen molar-refractivity contribution in [2.45, 2.75) is 17.7 Å². The van der Waals surface area contributed by atoms with Crippen molar-refractivity contribution >= 4 is 42.4 Å². The van der Waals surface area contributed by atoms with E-state index < -0.39 is 9.84 Å². The van der Waals surface area contributed by atoms with Crippen molar-refractivity contribution in [1.82, 2.24) is 9.88 Å². The molecule has 9 heteroatoms. The SMILES string of the molecule is COc1ccc(S(=O)(=O)CCCC(=O)N2CCN(c3nc4ccccc4s3)CC2)cc1. The number of anilines is 1. The number of hydrogen-bond donors (Lipinski definition) is 0. The van der Waals surface area contributed by atoms with Crippen LogP contribution in [0.3, 0.4) is 0 Å². The molecule has 0 radical (unpaired) electrons. The number of nitrogens with zero attached hydrogens (tertiary/aromatic N) is 3. The molecule has 0 bridgehead atoms.